The number of methoxy groups -OCH3 is 2. The van der Waals surface area contributed by atoms with Gasteiger partial charge in [-0.05, 0) is 6.92 Å². The number of aliphatic hydroxyl groups is 1. The highest BCUT2D eigenvalue weighted by molar-refractivity contribution is 5.06. The van der Waals surface area contributed by atoms with Gasteiger partial charge in [-0.2, -0.15) is 5.26 Å². The van der Waals surface area contributed by atoms with Crippen LogP contribution in [0.2, 0.25) is 0 Å². The molecule has 0 radical (unpaired) electrons. The number of hydrogen-bond donors (Lipinski definition) is 2. The van der Waals surface area contributed by atoms with E-state index in [-0.39, 0.29) is 6.61 Å². The number of nitrogens with zero attached hydrogens (tertiary/aromatic N) is 1. The van der Waals surface area contributed by atoms with Crippen LogP contribution in [0, 0.1) is 11.3 Å². The molecule has 0 saturated carbocycles. The van der Waals surface area contributed by atoms with Crippen molar-refractivity contribution in [3.05, 3.63) is 0 Å². The number of rotatable bonds is 6. The Morgan fingerprint density at radius 3 is 2.38 bits per heavy atom. The number of ether oxygens (including phenoxy) is 2. The van der Waals surface area contributed by atoms with E-state index in [9.17, 15) is 0 Å². The van der Waals surface area contributed by atoms with E-state index >= 15 is 0 Å². The third-order valence-corrected chi connectivity index (χ3v) is 1.74. The summed E-state index contributed by atoms with van der Waals surface area (Å²) in [5.74, 6) is 0. The summed E-state index contributed by atoms with van der Waals surface area (Å²) < 4.78 is 9.93. The molecule has 0 saturated heterocycles. The first kappa shape index (κ1) is 12.3. The van der Waals surface area contributed by atoms with Gasteiger partial charge in [0, 0.05) is 20.8 Å². The van der Waals surface area contributed by atoms with Crippen molar-refractivity contribution in [2.24, 2.45) is 0 Å². The van der Waals surface area contributed by atoms with Crippen molar-refractivity contribution < 1.29 is 14.6 Å². The van der Waals surface area contributed by atoms with Crippen LogP contribution >= 0.6 is 0 Å². The topological polar surface area (TPSA) is 74.5 Å². The number of nitrogens with one attached hydrogen (secondary N) is 1. The van der Waals surface area contributed by atoms with Crippen molar-refractivity contribution in [3.63, 3.8) is 0 Å². The van der Waals surface area contributed by atoms with Gasteiger partial charge in [-0.1, -0.05) is 0 Å². The molecule has 0 fully saturated rings. The average Bonchev–Trinajstić information content (AvgIpc) is 2.16. The molecule has 1 atom stereocenters. The fraction of sp³-hybridized carbons (Fsp3) is 0.875. The Morgan fingerprint density at radius 2 is 2.08 bits per heavy atom. The second kappa shape index (κ2) is 5.89. The highest BCUT2D eigenvalue weighted by Gasteiger charge is 2.34. The number of nitriles is 1. The normalized spacial score (nSPS) is 15.4. The molecule has 5 nitrogen and oxygen atoms in total. The molecule has 5 heteroatoms. The lowest BCUT2D eigenvalue weighted by atomic mass is 10.0. The largest absolute Gasteiger partial charge is 0.395 e. The van der Waals surface area contributed by atoms with Crippen molar-refractivity contribution in [2.75, 3.05) is 27.4 Å². The summed E-state index contributed by atoms with van der Waals surface area (Å²) in [5.41, 5.74) is -0.938. The molecule has 0 spiro atoms. The van der Waals surface area contributed by atoms with Crippen LogP contribution in [-0.2, 0) is 9.47 Å². The Labute approximate surface area is 78.3 Å². The van der Waals surface area contributed by atoms with Crippen LogP contribution in [0.3, 0.4) is 0 Å². The summed E-state index contributed by atoms with van der Waals surface area (Å²) in [6.07, 6.45) is -0.649. The minimum Gasteiger partial charge on any atom is -0.395 e. The van der Waals surface area contributed by atoms with Crippen LogP contribution in [0.5, 0.6) is 0 Å². The lowest BCUT2D eigenvalue weighted by Gasteiger charge is -2.29. The lowest BCUT2D eigenvalue weighted by molar-refractivity contribution is -0.137. The molecule has 0 aliphatic carbocycles. The maximum atomic E-state index is 8.89. The van der Waals surface area contributed by atoms with Crippen LogP contribution in [0.15, 0.2) is 0 Å². The van der Waals surface area contributed by atoms with E-state index < -0.39 is 11.8 Å². The van der Waals surface area contributed by atoms with Gasteiger partial charge in [-0.15, -0.1) is 0 Å². The maximum Gasteiger partial charge on any atom is 0.188 e. The van der Waals surface area contributed by atoms with Crippen LogP contribution in [0.1, 0.15) is 6.92 Å². The van der Waals surface area contributed by atoms with E-state index in [0.717, 1.165) is 0 Å². The van der Waals surface area contributed by atoms with Crippen LogP contribution in [-0.4, -0.2) is 44.3 Å². The standard InChI is InChI=1S/C8H16N2O3/c1-8(6-9,10-4-5-11)7(12-2)13-3/h7,10-11H,4-5H2,1-3H3. The first-order valence-corrected chi connectivity index (χ1v) is 3.97. The predicted octanol–water partition coefficient (Wildman–Crippen LogP) is -0.531. The van der Waals surface area contributed by atoms with E-state index in [4.69, 9.17) is 19.8 Å². The molecule has 2 N–H and O–H groups in total. The molecule has 13 heavy (non-hydrogen) atoms. The molecule has 0 aliphatic rings. The minimum absolute atomic E-state index is 0.0303. The Balaban J connectivity index is 4.33. The van der Waals surface area contributed by atoms with Crippen molar-refractivity contribution >= 4 is 0 Å². The zero-order chi connectivity index (χ0) is 10.3. The zero-order valence-corrected chi connectivity index (χ0v) is 8.20. The zero-order valence-electron chi connectivity index (χ0n) is 8.20. The van der Waals surface area contributed by atoms with Crippen LogP contribution < -0.4 is 5.32 Å². The maximum absolute atomic E-state index is 8.89. The first-order valence-electron chi connectivity index (χ1n) is 3.97. The molecule has 0 amide bonds. The molecule has 1 unspecified atom stereocenters. The lowest BCUT2D eigenvalue weighted by Crippen LogP contribution is -2.53. The van der Waals surface area contributed by atoms with Gasteiger partial charge >= 0.3 is 0 Å². The van der Waals surface area contributed by atoms with Crippen LogP contribution in [0.25, 0.3) is 0 Å². The minimum atomic E-state index is -0.938. The van der Waals surface area contributed by atoms with E-state index in [2.05, 4.69) is 5.32 Å². The van der Waals surface area contributed by atoms with E-state index in [1.807, 2.05) is 6.07 Å². The molecule has 0 aromatic rings. The molecule has 76 valence electrons. The van der Waals surface area contributed by atoms with Gasteiger partial charge in [0.25, 0.3) is 0 Å². The summed E-state index contributed by atoms with van der Waals surface area (Å²) in [6, 6.07) is 2.04. The first-order chi connectivity index (χ1) is 6.14. The number of aliphatic hydroxyl groups excluding tert-OH is 1. The van der Waals surface area contributed by atoms with E-state index in [1.165, 1.54) is 14.2 Å². The predicted molar refractivity (Wildman–Crippen MR) is 46.9 cm³/mol. The van der Waals surface area contributed by atoms with Gasteiger partial charge in [0.2, 0.25) is 0 Å². The summed E-state index contributed by atoms with van der Waals surface area (Å²) in [6.45, 7) is 1.95. The van der Waals surface area contributed by atoms with Crippen LogP contribution in [0.4, 0.5) is 0 Å². The van der Waals surface area contributed by atoms with Gasteiger partial charge in [-0.3, -0.25) is 5.32 Å². The molecule has 0 rings (SSSR count). The number of β-amino-alcohol motifs (C(OH)–C–C–N with tert-alkyl or cyclic N) is 1. The Bertz CT molecular complexity index is 177. The average molecular weight is 188 g/mol. The molecule has 0 aromatic carbocycles. The third kappa shape index (κ3) is 3.28. The van der Waals surface area contributed by atoms with Crippen molar-refractivity contribution in [1.29, 1.82) is 5.26 Å². The van der Waals surface area contributed by atoms with Crippen molar-refractivity contribution in [2.45, 2.75) is 18.8 Å². The van der Waals surface area contributed by atoms with E-state index in [0.29, 0.717) is 6.54 Å². The van der Waals surface area contributed by atoms with Gasteiger partial charge in [0.15, 0.2) is 11.8 Å². The quantitative estimate of drug-likeness (QED) is 0.548. The summed E-state index contributed by atoms with van der Waals surface area (Å²) in [5, 5.41) is 20.3. The van der Waals surface area contributed by atoms with Crippen molar-refractivity contribution in [3.8, 4) is 6.07 Å². The third-order valence-electron chi connectivity index (χ3n) is 1.74. The Kier molecular flexibility index (Phi) is 5.58. The fourth-order valence-corrected chi connectivity index (χ4v) is 1.06. The van der Waals surface area contributed by atoms with Crippen molar-refractivity contribution in [1.82, 2.24) is 5.32 Å². The molecule has 0 aromatic heterocycles. The van der Waals surface area contributed by atoms with Gasteiger partial charge in [0.05, 0.1) is 12.7 Å². The smallest absolute Gasteiger partial charge is 0.188 e. The highest BCUT2D eigenvalue weighted by Crippen LogP contribution is 2.12. The number of hydrogen-bond acceptors (Lipinski definition) is 5. The second-order valence-corrected chi connectivity index (χ2v) is 2.77. The molecule has 0 bridgehead atoms. The van der Waals surface area contributed by atoms with Gasteiger partial charge in [0.1, 0.15) is 0 Å². The summed E-state index contributed by atoms with van der Waals surface area (Å²) >= 11 is 0. The molecule has 0 heterocycles. The fourth-order valence-electron chi connectivity index (χ4n) is 1.06. The summed E-state index contributed by atoms with van der Waals surface area (Å²) in [7, 11) is 2.93. The summed E-state index contributed by atoms with van der Waals surface area (Å²) in [4.78, 5) is 0. The molecular weight excluding hydrogens is 172 g/mol. The highest BCUT2D eigenvalue weighted by atomic mass is 16.7. The monoisotopic (exact) mass is 188 g/mol. The van der Waals surface area contributed by atoms with Gasteiger partial charge in [-0.25, -0.2) is 0 Å². The Hall–Kier alpha value is -0.670. The molecule has 0 aliphatic heterocycles. The Morgan fingerprint density at radius 1 is 1.54 bits per heavy atom. The van der Waals surface area contributed by atoms with E-state index in [1.54, 1.807) is 6.92 Å². The molecular formula is C8H16N2O3. The van der Waals surface area contributed by atoms with Gasteiger partial charge < -0.3 is 14.6 Å². The second-order valence-electron chi connectivity index (χ2n) is 2.77. The SMILES string of the molecule is COC(OC)C(C)(C#N)NCCO.